The minimum absolute atomic E-state index is 0.223. The molecule has 0 aliphatic heterocycles. The van der Waals surface area contributed by atoms with Crippen molar-refractivity contribution in [3.63, 3.8) is 0 Å². The third-order valence-electron chi connectivity index (χ3n) is 2.58. The summed E-state index contributed by atoms with van der Waals surface area (Å²) < 4.78 is 0. The highest BCUT2D eigenvalue weighted by Gasteiger charge is 2.05. The van der Waals surface area contributed by atoms with Crippen LogP contribution in [0.25, 0.3) is 0 Å². The minimum Gasteiger partial charge on any atom is -0.396 e. The molecule has 0 fully saturated rings. The molecule has 4 heteroatoms. The van der Waals surface area contributed by atoms with Crippen molar-refractivity contribution >= 4 is 5.82 Å². The van der Waals surface area contributed by atoms with Crippen LogP contribution in [0, 0.1) is 17.2 Å². The van der Waals surface area contributed by atoms with Crippen LogP contribution < -0.4 is 5.32 Å². The van der Waals surface area contributed by atoms with Crippen LogP contribution >= 0.6 is 0 Å². The number of nitrogens with one attached hydrogen (secondary N) is 1. The standard InChI is InChI=1S/C12H17N3O/c1-2-10(5-6-16)8-14-12-4-3-11(7-13)9-15-12/h3-4,9-10,16H,2,5-6,8H2,1H3,(H,14,15). The predicted octanol–water partition coefficient (Wildman–Crippen LogP) is 1.77. The molecule has 0 bridgehead atoms. The van der Waals surface area contributed by atoms with E-state index in [0.717, 1.165) is 25.2 Å². The Bertz CT molecular complexity index is 342. The summed E-state index contributed by atoms with van der Waals surface area (Å²) in [7, 11) is 0. The second kappa shape index (κ2) is 6.81. The van der Waals surface area contributed by atoms with Gasteiger partial charge in [-0.25, -0.2) is 4.98 Å². The molecule has 1 aromatic heterocycles. The number of anilines is 1. The van der Waals surface area contributed by atoms with Crippen LogP contribution in [0.2, 0.25) is 0 Å². The van der Waals surface area contributed by atoms with E-state index in [4.69, 9.17) is 10.4 Å². The molecule has 2 N–H and O–H groups in total. The smallest absolute Gasteiger partial charge is 0.125 e. The van der Waals surface area contributed by atoms with Gasteiger partial charge in [-0.1, -0.05) is 13.3 Å². The first-order valence-electron chi connectivity index (χ1n) is 5.51. The quantitative estimate of drug-likeness (QED) is 0.765. The van der Waals surface area contributed by atoms with Crippen molar-refractivity contribution in [3.05, 3.63) is 23.9 Å². The molecule has 1 aromatic rings. The molecule has 86 valence electrons. The summed E-state index contributed by atoms with van der Waals surface area (Å²) in [5, 5.41) is 20.7. The largest absolute Gasteiger partial charge is 0.396 e. The fourth-order valence-electron chi connectivity index (χ4n) is 1.45. The summed E-state index contributed by atoms with van der Waals surface area (Å²) in [6, 6.07) is 5.56. The molecule has 0 aromatic carbocycles. The normalized spacial score (nSPS) is 11.8. The number of hydrogen-bond donors (Lipinski definition) is 2. The van der Waals surface area contributed by atoms with Crippen LogP contribution in [-0.2, 0) is 0 Å². The summed E-state index contributed by atoms with van der Waals surface area (Å²) in [4.78, 5) is 4.12. The molecule has 0 aliphatic rings. The van der Waals surface area contributed by atoms with Gasteiger partial charge < -0.3 is 10.4 Å². The summed E-state index contributed by atoms with van der Waals surface area (Å²) in [5.41, 5.74) is 0.563. The third kappa shape index (κ3) is 3.87. The van der Waals surface area contributed by atoms with E-state index in [1.807, 2.05) is 6.07 Å². The Labute approximate surface area is 95.9 Å². The van der Waals surface area contributed by atoms with Crippen molar-refractivity contribution in [1.82, 2.24) is 4.98 Å². The van der Waals surface area contributed by atoms with E-state index in [2.05, 4.69) is 17.2 Å². The van der Waals surface area contributed by atoms with Crippen molar-refractivity contribution in [2.45, 2.75) is 19.8 Å². The van der Waals surface area contributed by atoms with Gasteiger partial charge in [0.1, 0.15) is 11.9 Å². The lowest BCUT2D eigenvalue weighted by Gasteiger charge is -2.14. The summed E-state index contributed by atoms with van der Waals surface area (Å²) >= 11 is 0. The topological polar surface area (TPSA) is 68.9 Å². The maximum atomic E-state index is 8.85. The minimum atomic E-state index is 0.223. The van der Waals surface area contributed by atoms with E-state index in [0.29, 0.717) is 11.5 Å². The predicted molar refractivity (Wildman–Crippen MR) is 62.9 cm³/mol. The number of aliphatic hydroxyl groups is 1. The van der Waals surface area contributed by atoms with Crippen molar-refractivity contribution < 1.29 is 5.11 Å². The Morgan fingerprint density at radius 3 is 2.88 bits per heavy atom. The first kappa shape index (κ1) is 12.5. The molecule has 0 radical (unpaired) electrons. The van der Waals surface area contributed by atoms with E-state index >= 15 is 0 Å². The van der Waals surface area contributed by atoms with Crippen LogP contribution in [0.4, 0.5) is 5.82 Å². The number of nitrogens with zero attached hydrogens (tertiary/aromatic N) is 2. The SMILES string of the molecule is CCC(CCO)CNc1ccc(C#N)cn1. The van der Waals surface area contributed by atoms with Crippen LogP contribution in [0.1, 0.15) is 25.3 Å². The molecule has 1 heterocycles. The number of nitriles is 1. The molecule has 4 nitrogen and oxygen atoms in total. The summed E-state index contributed by atoms with van der Waals surface area (Å²) in [6.45, 7) is 3.13. The Balaban J connectivity index is 2.44. The maximum Gasteiger partial charge on any atom is 0.125 e. The number of rotatable bonds is 6. The second-order valence-corrected chi connectivity index (χ2v) is 3.71. The maximum absolute atomic E-state index is 8.85. The van der Waals surface area contributed by atoms with Gasteiger partial charge in [0.15, 0.2) is 0 Å². The van der Waals surface area contributed by atoms with Crippen molar-refractivity contribution in [3.8, 4) is 6.07 Å². The first-order valence-corrected chi connectivity index (χ1v) is 5.51. The zero-order valence-electron chi connectivity index (χ0n) is 9.48. The van der Waals surface area contributed by atoms with Gasteiger partial charge in [0.25, 0.3) is 0 Å². The monoisotopic (exact) mass is 219 g/mol. The summed E-state index contributed by atoms with van der Waals surface area (Å²) in [6.07, 6.45) is 3.39. The molecule has 16 heavy (non-hydrogen) atoms. The van der Waals surface area contributed by atoms with Gasteiger partial charge in [0, 0.05) is 19.3 Å². The zero-order chi connectivity index (χ0) is 11.8. The third-order valence-corrected chi connectivity index (χ3v) is 2.58. The van der Waals surface area contributed by atoms with Gasteiger partial charge in [0.2, 0.25) is 0 Å². The highest BCUT2D eigenvalue weighted by atomic mass is 16.3. The number of aromatic nitrogens is 1. The van der Waals surface area contributed by atoms with Crippen LogP contribution in [0.15, 0.2) is 18.3 Å². The second-order valence-electron chi connectivity index (χ2n) is 3.71. The highest BCUT2D eigenvalue weighted by molar-refractivity contribution is 5.38. The van der Waals surface area contributed by atoms with Gasteiger partial charge in [-0.15, -0.1) is 0 Å². The Hall–Kier alpha value is -1.60. The Kier molecular flexibility index (Phi) is 5.30. The van der Waals surface area contributed by atoms with Crippen LogP contribution in [-0.4, -0.2) is 23.2 Å². The number of hydrogen-bond acceptors (Lipinski definition) is 4. The average molecular weight is 219 g/mol. The zero-order valence-corrected chi connectivity index (χ0v) is 9.48. The molecule has 0 spiro atoms. The molecule has 0 amide bonds. The van der Waals surface area contributed by atoms with E-state index < -0.39 is 0 Å². The molecular weight excluding hydrogens is 202 g/mol. The van der Waals surface area contributed by atoms with Gasteiger partial charge in [-0.05, 0) is 24.5 Å². The fourth-order valence-corrected chi connectivity index (χ4v) is 1.45. The van der Waals surface area contributed by atoms with Crippen LogP contribution in [0.5, 0.6) is 0 Å². The van der Waals surface area contributed by atoms with E-state index in [1.165, 1.54) is 0 Å². The lowest BCUT2D eigenvalue weighted by atomic mass is 10.0. The lowest BCUT2D eigenvalue weighted by Crippen LogP contribution is -2.15. The molecule has 1 rings (SSSR count). The van der Waals surface area contributed by atoms with Crippen molar-refractivity contribution in [2.24, 2.45) is 5.92 Å². The first-order chi connectivity index (χ1) is 7.80. The molecule has 0 saturated carbocycles. The van der Waals surface area contributed by atoms with Gasteiger partial charge in [-0.3, -0.25) is 0 Å². The number of pyridine rings is 1. The van der Waals surface area contributed by atoms with E-state index in [9.17, 15) is 0 Å². The van der Waals surface area contributed by atoms with E-state index in [-0.39, 0.29) is 6.61 Å². The van der Waals surface area contributed by atoms with E-state index in [1.54, 1.807) is 18.3 Å². The van der Waals surface area contributed by atoms with Crippen molar-refractivity contribution in [2.75, 3.05) is 18.5 Å². The number of aliphatic hydroxyl groups excluding tert-OH is 1. The van der Waals surface area contributed by atoms with Crippen molar-refractivity contribution in [1.29, 1.82) is 5.26 Å². The Morgan fingerprint density at radius 2 is 2.38 bits per heavy atom. The highest BCUT2D eigenvalue weighted by Crippen LogP contribution is 2.10. The molecule has 0 aliphatic carbocycles. The fraction of sp³-hybridized carbons (Fsp3) is 0.500. The van der Waals surface area contributed by atoms with Gasteiger partial charge in [-0.2, -0.15) is 5.26 Å². The lowest BCUT2D eigenvalue weighted by molar-refractivity contribution is 0.258. The Morgan fingerprint density at radius 1 is 1.56 bits per heavy atom. The average Bonchev–Trinajstić information content (AvgIpc) is 2.35. The van der Waals surface area contributed by atoms with Gasteiger partial charge in [0.05, 0.1) is 5.56 Å². The van der Waals surface area contributed by atoms with Gasteiger partial charge >= 0.3 is 0 Å². The molecule has 1 unspecified atom stereocenters. The molecular formula is C12H17N3O. The van der Waals surface area contributed by atoms with Crippen LogP contribution in [0.3, 0.4) is 0 Å². The molecule has 1 atom stereocenters. The summed E-state index contributed by atoms with van der Waals surface area (Å²) in [5.74, 6) is 1.23. The molecule has 0 saturated heterocycles.